The minimum absolute atomic E-state index is 0.310. The van der Waals surface area contributed by atoms with Gasteiger partial charge < -0.3 is 14.9 Å². The number of halogens is 1. The van der Waals surface area contributed by atoms with Crippen LogP contribution in [0.2, 0.25) is 0 Å². The van der Waals surface area contributed by atoms with Gasteiger partial charge in [0.05, 0.1) is 6.61 Å². The fourth-order valence-electron chi connectivity index (χ4n) is 0.224. The molecule has 4 nitrogen and oxygen atoms in total. The zero-order valence-electron chi connectivity index (χ0n) is 4.58. The molecule has 0 aromatic heterocycles. The molecule has 0 radical (unpaired) electrons. The molecule has 5 heteroatoms. The summed E-state index contributed by atoms with van der Waals surface area (Å²) in [4.78, 5) is 10.3. The van der Waals surface area contributed by atoms with Crippen molar-refractivity contribution in [3.05, 3.63) is 0 Å². The summed E-state index contributed by atoms with van der Waals surface area (Å²) >= 11 is 4.96. The van der Waals surface area contributed by atoms with Gasteiger partial charge in [0.25, 0.3) is 0 Å². The average molecular weight is 155 g/mol. The highest BCUT2D eigenvalue weighted by molar-refractivity contribution is 6.17. The third-order valence-corrected chi connectivity index (χ3v) is 0.751. The lowest BCUT2D eigenvalue weighted by atomic mass is 10.4. The van der Waals surface area contributed by atoms with Crippen LogP contribution in [0.25, 0.3) is 0 Å². The number of hydrogen-bond acceptors (Lipinski definition) is 4. The third kappa shape index (κ3) is 3.29. The Morgan fingerprint density at radius 1 is 1.78 bits per heavy atom. The lowest BCUT2D eigenvalue weighted by Crippen LogP contribution is -2.26. The highest BCUT2D eigenvalue weighted by Crippen LogP contribution is 1.87. The first kappa shape index (κ1) is 8.68. The molecular weight excluding hydrogens is 147 g/mol. The van der Waals surface area contributed by atoms with Crippen molar-refractivity contribution in [2.75, 3.05) is 12.7 Å². The molecule has 0 saturated carbocycles. The molecule has 2 N–H and O–H groups in total. The Balaban J connectivity index is 3.46. The third-order valence-electron chi connectivity index (χ3n) is 0.642. The van der Waals surface area contributed by atoms with Gasteiger partial charge in [0.2, 0.25) is 0 Å². The second-order valence-electron chi connectivity index (χ2n) is 1.27. The van der Waals surface area contributed by atoms with Crippen molar-refractivity contribution in [2.45, 2.75) is 6.10 Å². The molecule has 1 atom stereocenters. The molecule has 0 aromatic carbocycles. The van der Waals surface area contributed by atoms with Crippen LogP contribution in [-0.4, -0.2) is 35.0 Å². The van der Waals surface area contributed by atoms with Crippen LogP contribution in [-0.2, 0) is 9.53 Å². The minimum atomic E-state index is -1.47. The molecule has 0 spiro atoms. The predicted molar refractivity (Wildman–Crippen MR) is 29.9 cm³/mol. The van der Waals surface area contributed by atoms with Gasteiger partial charge in [-0.2, -0.15) is 0 Å². The number of aliphatic hydroxyl groups is 2. The van der Waals surface area contributed by atoms with Crippen molar-refractivity contribution in [2.24, 2.45) is 0 Å². The van der Waals surface area contributed by atoms with E-state index in [0.717, 1.165) is 0 Å². The van der Waals surface area contributed by atoms with Crippen molar-refractivity contribution < 1.29 is 19.7 Å². The monoisotopic (exact) mass is 154 g/mol. The van der Waals surface area contributed by atoms with Crippen LogP contribution in [0.3, 0.4) is 0 Å². The van der Waals surface area contributed by atoms with Gasteiger partial charge in [-0.3, -0.25) is 0 Å². The molecule has 0 fully saturated rings. The Hall–Kier alpha value is -0.320. The van der Waals surface area contributed by atoms with E-state index >= 15 is 0 Å². The van der Waals surface area contributed by atoms with Crippen molar-refractivity contribution in [3.63, 3.8) is 0 Å². The van der Waals surface area contributed by atoms with E-state index < -0.39 is 18.7 Å². The maximum absolute atomic E-state index is 10.3. The van der Waals surface area contributed by atoms with Gasteiger partial charge in [0.15, 0.2) is 12.2 Å². The largest absolute Gasteiger partial charge is 0.447 e. The zero-order chi connectivity index (χ0) is 7.28. The van der Waals surface area contributed by atoms with E-state index in [1.165, 1.54) is 0 Å². The van der Waals surface area contributed by atoms with E-state index in [2.05, 4.69) is 4.74 Å². The first-order chi connectivity index (χ1) is 4.22. The lowest BCUT2D eigenvalue weighted by molar-refractivity contribution is -0.153. The number of carbonyl (C=O) groups excluding carboxylic acids is 1. The molecule has 0 amide bonds. The van der Waals surface area contributed by atoms with Crippen LogP contribution in [0.4, 0.5) is 0 Å². The normalized spacial score (nSPS) is 12.8. The molecule has 0 aliphatic heterocycles. The van der Waals surface area contributed by atoms with Gasteiger partial charge in [-0.05, 0) is 0 Å². The molecule has 0 aliphatic carbocycles. The Morgan fingerprint density at radius 3 is 2.67 bits per heavy atom. The Kier molecular flexibility index (Phi) is 4.39. The van der Waals surface area contributed by atoms with Crippen LogP contribution in [0.15, 0.2) is 0 Å². The molecule has 9 heavy (non-hydrogen) atoms. The van der Waals surface area contributed by atoms with Crippen LogP contribution < -0.4 is 0 Å². The van der Waals surface area contributed by atoms with Gasteiger partial charge in [0, 0.05) is 0 Å². The molecule has 0 saturated heterocycles. The first-order valence-corrected chi connectivity index (χ1v) is 2.77. The summed E-state index contributed by atoms with van der Waals surface area (Å²) in [6, 6.07) is -0.310. The van der Waals surface area contributed by atoms with Crippen molar-refractivity contribution in [1.29, 1.82) is 0 Å². The topological polar surface area (TPSA) is 66.8 Å². The molecule has 0 heterocycles. The molecule has 0 aliphatic rings. The predicted octanol–water partition coefficient (Wildman–Crippen LogP) is -0.921. The van der Waals surface area contributed by atoms with Gasteiger partial charge in [-0.15, -0.1) is 0 Å². The summed E-state index contributed by atoms with van der Waals surface area (Å²) in [7, 11) is 0. The number of hydrogen-bond donors (Lipinski definition) is 2. The fourth-order valence-corrected chi connectivity index (χ4v) is 0.332. The van der Waals surface area contributed by atoms with Crippen LogP contribution in [0.1, 0.15) is 0 Å². The fraction of sp³-hybridized carbons (Fsp3) is 0.750. The number of ether oxygens (including phenoxy) is 1. The standard InChI is InChI=1S/C4H7ClO4/c5-2-9-4(8)3(7)1-6/h3,6-7H,1-2H2. The van der Waals surface area contributed by atoms with E-state index in [1.807, 2.05) is 0 Å². The first-order valence-electron chi connectivity index (χ1n) is 2.24. The molecule has 1 unspecified atom stereocenters. The summed E-state index contributed by atoms with van der Waals surface area (Å²) in [5.41, 5.74) is 0. The van der Waals surface area contributed by atoms with Crippen LogP contribution in [0.5, 0.6) is 0 Å². The maximum Gasteiger partial charge on any atom is 0.338 e. The van der Waals surface area contributed by atoms with E-state index in [0.29, 0.717) is 0 Å². The van der Waals surface area contributed by atoms with Crippen LogP contribution in [0, 0.1) is 0 Å². The lowest BCUT2D eigenvalue weighted by Gasteiger charge is -2.03. The Bertz CT molecular complexity index is 94.6. The molecule has 54 valence electrons. The highest BCUT2D eigenvalue weighted by atomic mass is 35.5. The van der Waals surface area contributed by atoms with Gasteiger partial charge >= 0.3 is 5.97 Å². The summed E-state index contributed by atoms with van der Waals surface area (Å²) in [6.45, 7) is -0.643. The second-order valence-corrected chi connectivity index (χ2v) is 1.49. The highest BCUT2D eigenvalue weighted by Gasteiger charge is 2.13. The second kappa shape index (κ2) is 4.55. The van der Waals surface area contributed by atoms with E-state index in [4.69, 9.17) is 21.8 Å². The summed E-state index contributed by atoms with van der Waals surface area (Å²) in [6.07, 6.45) is -1.47. The molecule has 0 bridgehead atoms. The Labute approximate surface area is 57.0 Å². The van der Waals surface area contributed by atoms with Gasteiger partial charge in [0.1, 0.15) is 0 Å². The maximum atomic E-state index is 10.3. The number of aliphatic hydroxyl groups excluding tert-OH is 2. The van der Waals surface area contributed by atoms with Crippen molar-refractivity contribution in [1.82, 2.24) is 0 Å². The van der Waals surface area contributed by atoms with E-state index in [-0.39, 0.29) is 6.07 Å². The SMILES string of the molecule is O=C(OCCl)C(O)CO. The summed E-state index contributed by atoms with van der Waals surface area (Å²) in [5.74, 6) is -0.910. The van der Waals surface area contributed by atoms with E-state index in [9.17, 15) is 4.79 Å². The van der Waals surface area contributed by atoms with Crippen molar-refractivity contribution in [3.8, 4) is 0 Å². The summed E-state index contributed by atoms with van der Waals surface area (Å²) in [5, 5.41) is 16.6. The van der Waals surface area contributed by atoms with Gasteiger partial charge in [-0.25, -0.2) is 4.79 Å². The molecule has 0 rings (SSSR count). The molecule has 0 aromatic rings. The number of rotatable bonds is 3. The number of alkyl halides is 1. The average Bonchev–Trinajstić information content (AvgIpc) is 1.87. The Morgan fingerprint density at radius 2 is 2.33 bits per heavy atom. The van der Waals surface area contributed by atoms with Crippen LogP contribution >= 0.6 is 11.6 Å². The quantitative estimate of drug-likeness (QED) is 0.408. The number of esters is 1. The molecular formula is C4H7ClO4. The summed E-state index contributed by atoms with van der Waals surface area (Å²) < 4.78 is 4.11. The number of carbonyl (C=O) groups is 1. The van der Waals surface area contributed by atoms with E-state index in [1.54, 1.807) is 0 Å². The smallest absolute Gasteiger partial charge is 0.338 e. The van der Waals surface area contributed by atoms with Crippen molar-refractivity contribution >= 4 is 17.6 Å². The van der Waals surface area contributed by atoms with Gasteiger partial charge in [-0.1, -0.05) is 11.6 Å². The minimum Gasteiger partial charge on any atom is -0.447 e. The zero-order valence-corrected chi connectivity index (χ0v) is 5.34.